The molecule has 2 aliphatic heterocycles. The molecule has 0 atom stereocenters. The third kappa shape index (κ3) is 4.57. The predicted molar refractivity (Wildman–Crippen MR) is 122 cm³/mol. The summed E-state index contributed by atoms with van der Waals surface area (Å²) < 4.78 is 1.10. The van der Waals surface area contributed by atoms with Gasteiger partial charge in [0.1, 0.15) is 4.32 Å². The number of rotatable bonds is 8. The third-order valence-electron chi connectivity index (χ3n) is 4.84. The highest BCUT2D eigenvalue weighted by Crippen LogP contribution is 2.45. The van der Waals surface area contributed by atoms with Crippen molar-refractivity contribution in [3.63, 3.8) is 0 Å². The number of benzene rings is 1. The van der Waals surface area contributed by atoms with Crippen molar-refractivity contribution in [2.45, 2.75) is 39.0 Å². The fourth-order valence-corrected chi connectivity index (χ4v) is 5.13. The number of carboxylic acid groups (broad SMARTS) is 1. The van der Waals surface area contributed by atoms with Gasteiger partial charge in [-0.05, 0) is 24.6 Å². The molecule has 0 saturated carbocycles. The number of thioether (sulfide) groups is 1. The molecule has 29 heavy (non-hydrogen) atoms. The molecule has 2 heterocycles. The second-order valence-corrected chi connectivity index (χ2v) is 9.41. The molecule has 2 aliphatic rings. The van der Waals surface area contributed by atoms with Gasteiger partial charge in [-0.1, -0.05) is 66.1 Å². The van der Waals surface area contributed by atoms with Crippen LogP contribution in [0.15, 0.2) is 27.6 Å². The molecule has 0 spiro atoms. The minimum atomic E-state index is -1.00. The molecule has 154 valence electrons. The van der Waals surface area contributed by atoms with Gasteiger partial charge in [-0.25, -0.2) is 0 Å². The maximum absolute atomic E-state index is 13.3. The molecule has 0 aromatic heterocycles. The van der Waals surface area contributed by atoms with Gasteiger partial charge in [-0.2, -0.15) is 0 Å². The average Bonchev–Trinajstić information content (AvgIpc) is 3.09. The SMILES string of the molecule is CCCCCCN1C(=O)C(=C2SC(=S)N(CCC(=O)O)C2=O)c2cc(Br)ccc21. The van der Waals surface area contributed by atoms with Gasteiger partial charge in [0.15, 0.2) is 0 Å². The van der Waals surface area contributed by atoms with Crippen LogP contribution in [0, 0.1) is 0 Å². The molecule has 1 N–H and O–H groups in total. The molecule has 9 heteroatoms. The number of anilines is 1. The lowest BCUT2D eigenvalue weighted by Gasteiger charge is -2.17. The molecule has 0 unspecified atom stereocenters. The molecular weight excluding hydrogens is 476 g/mol. The van der Waals surface area contributed by atoms with Crippen LogP contribution >= 0.6 is 39.9 Å². The van der Waals surface area contributed by atoms with Crippen LogP contribution in [0.1, 0.15) is 44.6 Å². The van der Waals surface area contributed by atoms with E-state index in [1.165, 1.54) is 4.90 Å². The van der Waals surface area contributed by atoms with Crippen LogP contribution < -0.4 is 4.90 Å². The number of unbranched alkanes of at least 4 members (excludes halogenated alkanes) is 3. The number of carbonyl (C=O) groups excluding carboxylic acids is 2. The summed E-state index contributed by atoms with van der Waals surface area (Å²) in [6.45, 7) is 2.73. The van der Waals surface area contributed by atoms with Crippen molar-refractivity contribution in [1.29, 1.82) is 0 Å². The second kappa shape index (κ2) is 9.40. The van der Waals surface area contributed by atoms with Gasteiger partial charge in [0.2, 0.25) is 0 Å². The minimum absolute atomic E-state index is 0.00293. The molecule has 1 fully saturated rings. The zero-order chi connectivity index (χ0) is 21.1. The van der Waals surface area contributed by atoms with Gasteiger partial charge in [0, 0.05) is 23.1 Å². The quantitative estimate of drug-likeness (QED) is 0.326. The maximum atomic E-state index is 13.3. The fourth-order valence-electron chi connectivity index (χ4n) is 3.39. The molecule has 3 rings (SSSR count). The Morgan fingerprint density at radius 2 is 1.90 bits per heavy atom. The van der Waals surface area contributed by atoms with Crippen molar-refractivity contribution in [2.24, 2.45) is 0 Å². The van der Waals surface area contributed by atoms with Gasteiger partial charge in [-0.15, -0.1) is 0 Å². The van der Waals surface area contributed by atoms with Crippen LogP contribution in [0.4, 0.5) is 5.69 Å². The van der Waals surface area contributed by atoms with E-state index >= 15 is 0 Å². The Morgan fingerprint density at radius 1 is 1.14 bits per heavy atom. The zero-order valence-electron chi connectivity index (χ0n) is 15.9. The molecule has 0 bridgehead atoms. The van der Waals surface area contributed by atoms with E-state index in [1.54, 1.807) is 4.90 Å². The van der Waals surface area contributed by atoms with Crippen LogP contribution in [0.5, 0.6) is 0 Å². The van der Waals surface area contributed by atoms with Crippen LogP contribution in [0.2, 0.25) is 0 Å². The Bertz CT molecular complexity index is 916. The number of carboxylic acids is 1. The van der Waals surface area contributed by atoms with Crippen molar-refractivity contribution in [3.05, 3.63) is 33.1 Å². The lowest BCUT2D eigenvalue weighted by atomic mass is 10.1. The monoisotopic (exact) mass is 496 g/mol. The molecular formula is C20H21BrN2O4S2. The van der Waals surface area contributed by atoms with Crippen LogP contribution in [-0.4, -0.2) is 45.2 Å². The number of hydrogen-bond donors (Lipinski definition) is 1. The Balaban J connectivity index is 1.95. The molecule has 0 radical (unpaired) electrons. The first-order chi connectivity index (χ1) is 13.8. The number of hydrogen-bond acceptors (Lipinski definition) is 5. The van der Waals surface area contributed by atoms with E-state index in [1.807, 2.05) is 18.2 Å². The van der Waals surface area contributed by atoms with Gasteiger partial charge in [-0.3, -0.25) is 19.3 Å². The molecule has 6 nitrogen and oxygen atoms in total. The lowest BCUT2D eigenvalue weighted by molar-refractivity contribution is -0.137. The van der Waals surface area contributed by atoms with Crippen molar-refractivity contribution in [2.75, 3.05) is 18.0 Å². The first-order valence-electron chi connectivity index (χ1n) is 9.46. The number of fused-ring (bicyclic) bond motifs is 1. The summed E-state index contributed by atoms with van der Waals surface area (Å²) >= 11 is 9.80. The highest BCUT2D eigenvalue weighted by molar-refractivity contribution is 9.10. The van der Waals surface area contributed by atoms with E-state index < -0.39 is 11.9 Å². The summed E-state index contributed by atoms with van der Waals surface area (Å²) in [6.07, 6.45) is 3.96. The lowest BCUT2D eigenvalue weighted by Crippen LogP contribution is -2.31. The van der Waals surface area contributed by atoms with Gasteiger partial charge in [0.05, 0.1) is 22.6 Å². The van der Waals surface area contributed by atoms with E-state index in [4.69, 9.17) is 17.3 Å². The van der Waals surface area contributed by atoms with Crippen molar-refractivity contribution in [1.82, 2.24) is 4.90 Å². The smallest absolute Gasteiger partial charge is 0.305 e. The largest absolute Gasteiger partial charge is 0.481 e. The van der Waals surface area contributed by atoms with E-state index in [9.17, 15) is 14.4 Å². The fraction of sp³-hybridized carbons (Fsp3) is 0.400. The Kier molecular flexibility index (Phi) is 7.13. The first kappa shape index (κ1) is 22.0. The minimum Gasteiger partial charge on any atom is -0.481 e. The van der Waals surface area contributed by atoms with E-state index in [-0.39, 0.29) is 28.1 Å². The number of thiocarbonyl (C=S) groups is 1. The van der Waals surface area contributed by atoms with Crippen molar-refractivity contribution < 1.29 is 19.5 Å². The van der Waals surface area contributed by atoms with Gasteiger partial charge < -0.3 is 10.0 Å². The predicted octanol–water partition coefficient (Wildman–Crippen LogP) is 4.42. The third-order valence-corrected chi connectivity index (χ3v) is 6.78. The maximum Gasteiger partial charge on any atom is 0.305 e. The Morgan fingerprint density at radius 3 is 2.59 bits per heavy atom. The van der Waals surface area contributed by atoms with Crippen LogP contribution in [-0.2, 0) is 14.4 Å². The Hall–Kier alpha value is -1.71. The van der Waals surface area contributed by atoms with E-state index in [0.717, 1.165) is 47.6 Å². The van der Waals surface area contributed by atoms with Crippen molar-refractivity contribution in [3.8, 4) is 0 Å². The first-order valence-corrected chi connectivity index (χ1v) is 11.5. The number of aliphatic carboxylic acids is 1. The van der Waals surface area contributed by atoms with Crippen molar-refractivity contribution >= 4 is 73.3 Å². The molecule has 1 saturated heterocycles. The average molecular weight is 497 g/mol. The summed E-state index contributed by atoms with van der Waals surface area (Å²) in [4.78, 5) is 40.4. The normalized spacial score (nSPS) is 18.8. The van der Waals surface area contributed by atoms with E-state index in [2.05, 4.69) is 22.9 Å². The second-order valence-electron chi connectivity index (χ2n) is 6.85. The number of carbonyl (C=O) groups is 3. The number of nitrogens with zero attached hydrogens (tertiary/aromatic N) is 2. The number of halogens is 1. The van der Waals surface area contributed by atoms with Gasteiger partial charge in [0.25, 0.3) is 11.8 Å². The summed E-state index contributed by atoms with van der Waals surface area (Å²) in [7, 11) is 0. The summed E-state index contributed by atoms with van der Waals surface area (Å²) in [6, 6.07) is 5.61. The Labute approximate surface area is 187 Å². The molecule has 0 aliphatic carbocycles. The standard InChI is InChI=1S/C20H21BrN2O4S2/c1-2-3-4-5-9-22-14-7-6-12(21)11-13(14)16(18(22)26)17-19(27)23(20(28)29-17)10-8-15(24)25/h6-7,11H,2-5,8-10H2,1H3,(H,24,25). The summed E-state index contributed by atoms with van der Waals surface area (Å²) in [5, 5.41) is 8.92. The molecule has 1 aromatic rings. The zero-order valence-corrected chi connectivity index (χ0v) is 19.2. The van der Waals surface area contributed by atoms with Gasteiger partial charge >= 0.3 is 5.97 Å². The summed E-state index contributed by atoms with van der Waals surface area (Å²) in [5.41, 5.74) is 1.85. The van der Waals surface area contributed by atoms with Crippen LogP contribution in [0.25, 0.3) is 5.57 Å². The number of amides is 2. The molecule has 1 aromatic carbocycles. The van der Waals surface area contributed by atoms with Crippen LogP contribution in [0.3, 0.4) is 0 Å². The van der Waals surface area contributed by atoms with E-state index in [0.29, 0.717) is 17.7 Å². The topological polar surface area (TPSA) is 77.9 Å². The summed E-state index contributed by atoms with van der Waals surface area (Å²) in [5.74, 6) is -1.60. The highest BCUT2D eigenvalue weighted by Gasteiger charge is 2.41. The molecule has 2 amide bonds. The highest BCUT2D eigenvalue weighted by atomic mass is 79.9.